The van der Waals surface area contributed by atoms with Crippen LogP contribution in [0.4, 0.5) is 0 Å². The first kappa shape index (κ1) is 16.9. The molecule has 0 bridgehead atoms. The van der Waals surface area contributed by atoms with Gasteiger partial charge in [-0.2, -0.15) is 0 Å². The van der Waals surface area contributed by atoms with E-state index < -0.39 is 0 Å². The lowest BCUT2D eigenvalue weighted by atomic mass is 9.97. The molecule has 0 amide bonds. The second-order valence-electron chi connectivity index (χ2n) is 6.31. The number of rotatable bonds is 4. The summed E-state index contributed by atoms with van der Waals surface area (Å²) in [4.78, 5) is 0. The Morgan fingerprint density at radius 3 is 2.43 bits per heavy atom. The fourth-order valence-electron chi connectivity index (χ4n) is 3.21. The number of benzene rings is 1. The summed E-state index contributed by atoms with van der Waals surface area (Å²) in [7, 11) is 0. The van der Waals surface area contributed by atoms with Crippen molar-refractivity contribution in [3.8, 4) is 11.3 Å². The SMILES string of the molecule is Clc1ccc(-c2ccc(CNC3CCCCCCC3)o2)c(Cl)c1. The lowest BCUT2D eigenvalue weighted by Crippen LogP contribution is -2.29. The highest BCUT2D eigenvalue weighted by Gasteiger charge is 2.13. The van der Waals surface area contributed by atoms with Crippen molar-refractivity contribution in [3.05, 3.63) is 46.1 Å². The van der Waals surface area contributed by atoms with Crippen LogP contribution in [0.15, 0.2) is 34.7 Å². The fourth-order valence-corrected chi connectivity index (χ4v) is 3.71. The molecule has 1 aliphatic carbocycles. The van der Waals surface area contributed by atoms with Crippen molar-refractivity contribution in [2.75, 3.05) is 0 Å². The van der Waals surface area contributed by atoms with Crippen LogP contribution in [0.25, 0.3) is 11.3 Å². The summed E-state index contributed by atoms with van der Waals surface area (Å²) in [5, 5.41) is 4.90. The molecule has 1 N–H and O–H groups in total. The molecule has 0 atom stereocenters. The second-order valence-corrected chi connectivity index (χ2v) is 7.16. The summed E-state index contributed by atoms with van der Waals surface area (Å²) in [5.41, 5.74) is 0.883. The van der Waals surface area contributed by atoms with E-state index in [9.17, 15) is 0 Å². The minimum Gasteiger partial charge on any atom is -0.460 e. The molecular weight excluding hydrogens is 329 g/mol. The molecule has 0 saturated heterocycles. The summed E-state index contributed by atoms with van der Waals surface area (Å²) < 4.78 is 5.95. The molecule has 2 nitrogen and oxygen atoms in total. The molecule has 3 rings (SSSR count). The first-order valence-corrected chi connectivity index (χ1v) is 9.25. The van der Waals surface area contributed by atoms with Crippen LogP contribution in [0.1, 0.15) is 50.7 Å². The molecule has 124 valence electrons. The molecule has 4 heteroatoms. The molecule has 1 saturated carbocycles. The number of nitrogens with one attached hydrogen (secondary N) is 1. The van der Waals surface area contributed by atoms with E-state index in [1.165, 1.54) is 44.9 Å². The lowest BCUT2D eigenvalue weighted by molar-refractivity contribution is 0.373. The van der Waals surface area contributed by atoms with E-state index in [0.717, 1.165) is 23.6 Å². The highest BCUT2D eigenvalue weighted by atomic mass is 35.5. The van der Waals surface area contributed by atoms with Gasteiger partial charge in [0.25, 0.3) is 0 Å². The van der Waals surface area contributed by atoms with E-state index in [4.69, 9.17) is 27.6 Å². The van der Waals surface area contributed by atoms with Gasteiger partial charge in [-0.3, -0.25) is 0 Å². The Balaban J connectivity index is 1.60. The Bertz CT molecular complexity index is 630. The van der Waals surface area contributed by atoms with Crippen LogP contribution < -0.4 is 5.32 Å². The molecule has 1 aromatic heterocycles. The monoisotopic (exact) mass is 351 g/mol. The maximum atomic E-state index is 6.25. The van der Waals surface area contributed by atoms with E-state index in [1.54, 1.807) is 6.07 Å². The van der Waals surface area contributed by atoms with Gasteiger partial charge in [-0.05, 0) is 43.2 Å². The van der Waals surface area contributed by atoms with Gasteiger partial charge in [0.1, 0.15) is 11.5 Å². The van der Waals surface area contributed by atoms with Crippen LogP contribution in [0.3, 0.4) is 0 Å². The summed E-state index contributed by atoms with van der Waals surface area (Å²) in [6, 6.07) is 10.1. The minimum atomic E-state index is 0.614. The van der Waals surface area contributed by atoms with Gasteiger partial charge < -0.3 is 9.73 Å². The zero-order valence-electron chi connectivity index (χ0n) is 13.3. The molecule has 0 unspecified atom stereocenters. The Morgan fingerprint density at radius 1 is 0.957 bits per heavy atom. The first-order chi connectivity index (χ1) is 11.2. The average molecular weight is 352 g/mol. The Hall–Kier alpha value is -0.960. The predicted molar refractivity (Wildman–Crippen MR) is 97.1 cm³/mol. The Labute approximate surface area is 148 Å². The van der Waals surface area contributed by atoms with Crippen LogP contribution in [-0.2, 0) is 6.54 Å². The van der Waals surface area contributed by atoms with Gasteiger partial charge in [-0.1, -0.05) is 55.3 Å². The summed E-state index contributed by atoms with van der Waals surface area (Å²) in [6.07, 6.45) is 9.36. The molecule has 0 radical (unpaired) electrons. The van der Waals surface area contributed by atoms with Crippen molar-refractivity contribution >= 4 is 23.2 Å². The summed E-state index contributed by atoms with van der Waals surface area (Å²) >= 11 is 12.2. The van der Waals surface area contributed by atoms with Crippen molar-refractivity contribution in [3.63, 3.8) is 0 Å². The largest absolute Gasteiger partial charge is 0.460 e. The van der Waals surface area contributed by atoms with E-state index >= 15 is 0 Å². The highest BCUT2D eigenvalue weighted by Crippen LogP contribution is 2.31. The molecule has 1 heterocycles. The van der Waals surface area contributed by atoms with E-state index in [2.05, 4.69) is 5.32 Å². The standard InChI is InChI=1S/C19H23Cl2NO/c20-14-8-10-17(18(21)12-14)19-11-9-16(23-19)13-22-15-6-4-2-1-3-5-7-15/h8-12,15,22H,1-7,13H2. The van der Waals surface area contributed by atoms with Crippen molar-refractivity contribution < 1.29 is 4.42 Å². The molecule has 2 aromatic rings. The number of hydrogen-bond acceptors (Lipinski definition) is 2. The highest BCUT2D eigenvalue weighted by molar-refractivity contribution is 6.36. The fraction of sp³-hybridized carbons (Fsp3) is 0.474. The van der Waals surface area contributed by atoms with Gasteiger partial charge >= 0.3 is 0 Å². The zero-order chi connectivity index (χ0) is 16.1. The van der Waals surface area contributed by atoms with Crippen LogP contribution >= 0.6 is 23.2 Å². The van der Waals surface area contributed by atoms with Gasteiger partial charge in [0.2, 0.25) is 0 Å². The van der Waals surface area contributed by atoms with Crippen molar-refractivity contribution in [2.24, 2.45) is 0 Å². The maximum absolute atomic E-state index is 6.25. The van der Waals surface area contributed by atoms with E-state index in [-0.39, 0.29) is 0 Å². The van der Waals surface area contributed by atoms with Crippen molar-refractivity contribution in [1.29, 1.82) is 0 Å². The van der Waals surface area contributed by atoms with Gasteiger partial charge in [0.05, 0.1) is 11.6 Å². The van der Waals surface area contributed by atoms with E-state index in [1.807, 2.05) is 24.3 Å². The molecule has 1 fully saturated rings. The smallest absolute Gasteiger partial charge is 0.135 e. The third kappa shape index (κ3) is 4.76. The van der Waals surface area contributed by atoms with Crippen molar-refractivity contribution in [2.45, 2.75) is 57.5 Å². The predicted octanol–water partition coefficient (Wildman–Crippen LogP) is 6.46. The molecule has 23 heavy (non-hydrogen) atoms. The number of hydrogen-bond donors (Lipinski definition) is 1. The van der Waals surface area contributed by atoms with Crippen LogP contribution in [0, 0.1) is 0 Å². The van der Waals surface area contributed by atoms with Crippen LogP contribution in [0.2, 0.25) is 10.0 Å². The third-order valence-corrected chi connectivity index (χ3v) is 5.08. The summed E-state index contributed by atoms with van der Waals surface area (Å²) in [6.45, 7) is 0.774. The number of furan rings is 1. The summed E-state index contributed by atoms with van der Waals surface area (Å²) in [5.74, 6) is 1.74. The quantitative estimate of drug-likeness (QED) is 0.683. The minimum absolute atomic E-state index is 0.614. The number of halogens is 2. The normalized spacial score (nSPS) is 17.0. The van der Waals surface area contributed by atoms with Crippen LogP contribution in [-0.4, -0.2) is 6.04 Å². The van der Waals surface area contributed by atoms with Gasteiger partial charge in [-0.15, -0.1) is 0 Å². The molecule has 1 aromatic carbocycles. The lowest BCUT2D eigenvalue weighted by Gasteiger charge is -2.20. The third-order valence-electron chi connectivity index (χ3n) is 4.53. The van der Waals surface area contributed by atoms with Gasteiger partial charge in [0, 0.05) is 16.6 Å². The Morgan fingerprint density at radius 2 is 1.70 bits per heavy atom. The van der Waals surface area contributed by atoms with Crippen LogP contribution in [0.5, 0.6) is 0 Å². The second kappa shape index (κ2) is 8.23. The van der Waals surface area contributed by atoms with Gasteiger partial charge in [-0.25, -0.2) is 0 Å². The maximum Gasteiger partial charge on any atom is 0.135 e. The first-order valence-electron chi connectivity index (χ1n) is 8.50. The molecular formula is C19H23Cl2NO. The molecule has 0 aliphatic heterocycles. The van der Waals surface area contributed by atoms with Crippen molar-refractivity contribution in [1.82, 2.24) is 5.32 Å². The van der Waals surface area contributed by atoms with E-state index in [0.29, 0.717) is 16.1 Å². The topological polar surface area (TPSA) is 25.2 Å². The molecule has 0 spiro atoms. The Kier molecular flexibility index (Phi) is 6.04. The van der Waals surface area contributed by atoms with Gasteiger partial charge in [0.15, 0.2) is 0 Å². The molecule has 1 aliphatic rings. The average Bonchev–Trinajstić information content (AvgIpc) is 2.94. The zero-order valence-corrected chi connectivity index (χ0v) is 14.8.